The van der Waals surface area contributed by atoms with Gasteiger partial charge < -0.3 is 19.3 Å². The highest BCUT2D eigenvalue weighted by Crippen LogP contribution is 2.53. The molecule has 1 saturated heterocycles. The van der Waals surface area contributed by atoms with E-state index in [0.29, 0.717) is 6.54 Å². The summed E-state index contributed by atoms with van der Waals surface area (Å²) >= 11 is 0. The Bertz CT molecular complexity index is 1600. The Hall–Kier alpha value is -4.72. The molecular formula is C32H30N4O4. The minimum absolute atomic E-state index is 0.0921. The van der Waals surface area contributed by atoms with Crippen molar-refractivity contribution >= 4 is 17.5 Å². The lowest BCUT2D eigenvalue weighted by Gasteiger charge is -2.55. The maximum Gasteiger partial charge on any atom is 0.317 e. The molecule has 8 heteroatoms. The van der Waals surface area contributed by atoms with Gasteiger partial charge in [0.25, 0.3) is 5.91 Å². The smallest absolute Gasteiger partial charge is 0.317 e. The highest BCUT2D eigenvalue weighted by atomic mass is 16.5. The van der Waals surface area contributed by atoms with Gasteiger partial charge >= 0.3 is 6.01 Å². The van der Waals surface area contributed by atoms with Crippen LogP contribution in [-0.2, 0) is 21.7 Å². The van der Waals surface area contributed by atoms with E-state index in [2.05, 4.69) is 16.0 Å². The number of aryl methyl sites for hydroxylation is 3. The van der Waals surface area contributed by atoms with Gasteiger partial charge in [-0.2, -0.15) is 0 Å². The Balaban J connectivity index is 1.52. The zero-order chi connectivity index (χ0) is 28.0. The molecule has 6 rings (SSSR count). The number of ether oxygens (including phenoxy) is 2. The molecule has 2 atom stereocenters. The number of aromatic nitrogens is 2. The average molecular weight is 535 g/mol. The van der Waals surface area contributed by atoms with Crippen molar-refractivity contribution in [1.29, 1.82) is 0 Å². The number of β-lactam (4-membered cyclic amide) rings is 1. The van der Waals surface area contributed by atoms with Crippen molar-refractivity contribution in [2.75, 3.05) is 18.6 Å². The number of carbonyl (C=O) groups excluding carboxylic acids is 2. The Morgan fingerprint density at radius 2 is 1.62 bits per heavy atom. The van der Waals surface area contributed by atoms with Crippen molar-refractivity contribution in [3.05, 3.63) is 113 Å². The molecule has 2 amide bonds. The van der Waals surface area contributed by atoms with Gasteiger partial charge in [0.1, 0.15) is 17.8 Å². The number of fused-ring (bicyclic) bond motifs is 3. The van der Waals surface area contributed by atoms with Crippen LogP contribution in [0.4, 0.5) is 5.69 Å². The van der Waals surface area contributed by atoms with Gasteiger partial charge in [0.2, 0.25) is 12.0 Å². The molecule has 0 N–H and O–H groups in total. The summed E-state index contributed by atoms with van der Waals surface area (Å²) in [6.45, 7) is 5.99. The Morgan fingerprint density at radius 1 is 0.900 bits per heavy atom. The van der Waals surface area contributed by atoms with Gasteiger partial charge in [0.05, 0.1) is 19.3 Å². The van der Waals surface area contributed by atoms with Crippen molar-refractivity contribution in [2.45, 2.75) is 39.0 Å². The maximum atomic E-state index is 13.9. The number of rotatable bonds is 6. The third kappa shape index (κ3) is 4.07. The molecule has 8 nitrogen and oxygen atoms in total. The van der Waals surface area contributed by atoms with E-state index in [-0.39, 0.29) is 24.4 Å². The van der Waals surface area contributed by atoms with Crippen LogP contribution in [0.2, 0.25) is 0 Å². The molecule has 0 spiro atoms. The van der Waals surface area contributed by atoms with E-state index in [1.54, 1.807) is 16.9 Å². The van der Waals surface area contributed by atoms with Gasteiger partial charge in [0.15, 0.2) is 0 Å². The first kappa shape index (κ1) is 25.6. The highest BCUT2D eigenvalue weighted by Gasteiger charge is 2.67. The van der Waals surface area contributed by atoms with Crippen LogP contribution in [0.3, 0.4) is 0 Å². The minimum Gasteiger partial charge on any atom is -0.497 e. The third-order valence-corrected chi connectivity index (χ3v) is 7.64. The van der Waals surface area contributed by atoms with Gasteiger partial charge in [-0.3, -0.25) is 9.59 Å². The molecule has 1 unspecified atom stereocenters. The molecule has 2 aliphatic rings. The lowest BCUT2D eigenvalue weighted by molar-refractivity contribution is -0.178. The van der Waals surface area contributed by atoms with E-state index < -0.39 is 11.6 Å². The zero-order valence-electron chi connectivity index (χ0n) is 22.9. The zero-order valence-corrected chi connectivity index (χ0v) is 22.9. The molecule has 202 valence electrons. The summed E-state index contributed by atoms with van der Waals surface area (Å²) in [7, 11) is 1.62. The second-order valence-electron chi connectivity index (χ2n) is 10.3. The van der Waals surface area contributed by atoms with Crippen molar-refractivity contribution in [3.8, 4) is 11.8 Å². The second kappa shape index (κ2) is 9.79. The van der Waals surface area contributed by atoms with E-state index in [0.717, 1.165) is 45.1 Å². The quantitative estimate of drug-likeness (QED) is 0.339. The predicted molar refractivity (Wildman–Crippen MR) is 150 cm³/mol. The third-order valence-electron chi connectivity index (χ3n) is 7.64. The van der Waals surface area contributed by atoms with Crippen LogP contribution in [0.1, 0.15) is 33.6 Å². The lowest BCUT2D eigenvalue weighted by Crippen LogP contribution is -2.74. The van der Waals surface area contributed by atoms with Crippen molar-refractivity contribution in [3.63, 3.8) is 0 Å². The largest absolute Gasteiger partial charge is 0.497 e. The molecule has 4 aromatic rings. The number of amides is 2. The van der Waals surface area contributed by atoms with Crippen LogP contribution in [0.25, 0.3) is 0 Å². The molecule has 1 aromatic heterocycles. The van der Waals surface area contributed by atoms with Gasteiger partial charge in [-0.15, -0.1) is 0 Å². The molecule has 3 heterocycles. The molecule has 0 saturated carbocycles. The predicted octanol–water partition coefficient (Wildman–Crippen LogP) is 4.49. The van der Waals surface area contributed by atoms with Gasteiger partial charge in [-0.25, -0.2) is 9.97 Å². The van der Waals surface area contributed by atoms with E-state index in [4.69, 9.17) is 9.47 Å². The molecule has 2 aliphatic heterocycles. The summed E-state index contributed by atoms with van der Waals surface area (Å²) in [5.74, 6) is 0.291. The Labute approximate surface area is 233 Å². The van der Waals surface area contributed by atoms with Crippen LogP contribution in [-0.4, -0.2) is 46.4 Å². The second-order valence-corrected chi connectivity index (χ2v) is 10.3. The molecule has 40 heavy (non-hydrogen) atoms. The van der Waals surface area contributed by atoms with Gasteiger partial charge in [-0.05, 0) is 56.2 Å². The van der Waals surface area contributed by atoms with Gasteiger partial charge in [0, 0.05) is 17.0 Å². The number of benzene rings is 3. The molecular weight excluding hydrogens is 504 g/mol. The topological polar surface area (TPSA) is 84.9 Å². The summed E-state index contributed by atoms with van der Waals surface area (Å²) in [6, 6.07) is 25.4. The summed E-state index contributed by atoms with van der Waals surface area (Å²) in [5.41, 5.74) is 4.84. The first-order chi connectivity index (χ1) is 19.3. The molecule has 0 aliphatic carbocycles. The fourth-order valence-electron chi connectivity index (χ4n) is 5.86. The molecule has 3 aromatic carbocycles. The first-order valence-electron chi connectivity index (χ1n) is 13.2. The highest BCUT2D eigenvalue weighted by molar-refractivity contribution is 6.04. The van der Waals surface area contributed by atoms with Crippen molar-refractivity contribution < 1.29 is 19.1 Å². The first-order valence-corrected chi connectivity index (χ1v) is 13.2. The van der Waals surface area contributed by atoms with Gasteiger partial charge in [-0.1, -0.05) is 60.2 Å². The number of carbonyl (C=O) groups is 2. The number of para-hydroxylation sites is 1. The molecule has 0 bridgehead atoms. The lowest BCUT2D eigenvalue weighted by atomic mass is 9.69. The number of nitrogens with zero attached hydrogens (tertiary/aromatic N) is 4. The van der Waals surface area contributed by atoms with Crippen LogP contribution in [0, 0.1) is 20.8 Å². The SMILES string of the molecule is COc1ccc(CN2C(=O)CN3C(=O)C(Oc4nc(C)cc(C)n4)[C@@]3(c3cccc(C)c3)c3ccccc32)cc1. The fraction of sp³-hybridized carbons (Fsp3) is 0.250. The standard InChI is InChI=1S/C32H30N4O4/c1-20-8-7-9-24(16-20)32-26-10-5-6-11-27(26)35(18-23-12-14-25(39-4)15-13-23)28(37)19-36(32)30(38)29(32)40-31-33-21(2)17-22(3)34-31/h5-17,29H,18-19H2,1-4H3/t29?,32-/m1/s1. The average Bonchev–Trinajstić information content (AvgIpc) is 3.03. The number of hydrogen-bond acceptors (Lipinski definition) is 6. The summed E-state index contributed by atoms with van der Waals surface area (Å²) < 4.78 is 11.7. The Kier molecular flexibility index (Phi) is 6.25. The van der Waals surface area contributed by atoms with Crippen LogP contribution in [0.15, 0.2) is 78.9 Å². The van der Waals surface area contributed by atoms with Crippen LogP contribution >= 0.6 is 0 Å². The van der Waals surface area contributed by atoms with Crippen molar-refractivity contribution in [2.24, 2.45) is 0 Å². The molecule has 1 fully saturated rings. The Morgan fingerprint density at radius 3 is 2.33 bits per heavy atom. The summed E-state index contributed by atoms with van der Waals surface area (Å²) in [6.07, 6.45) is -0.953. The fourth-order valence-corrected chi connectivity index (χ4v) is 5.86. The van der Waals surface area contributed by atoms with E-state index in [1.165, 1.54) is 0 Å². The number of anilines is 1. The number of hydrogen-bond donors (Lipinski definition) is 0. The molecule has 0 radical (unpaired) electrons. The van der Waals surface area contributed by atoms with E-state index in [1.807, 2.05) is 93.6 Å². The van der Waals surface area contributed by atoms with Crippen LogP contribution < -0.4 is 14.4 Å². The summed E-state index contributed by atoms with van der Waals surface area (Å²) in [4.78, 5) is 40.0. The van der Waals surface area contributed by atoms with E-state index >= 15 is 0 Å². The maximum absolute atomic E-state index is 13.9. The minimum atomic E-state index is -1.05. The van der Waals surface area contributed by atoms with Crippen molar-refractivity contribution in [1.82, 2.24) is 14.9 Å². The number of methoxy groups -OCH3 is 1. The normalized spacial score (nSPS) is 19.9. The monoisotopic (exact) mass is 534 g/mol. The van der Waals surface area contributed by atoms with Crippen LogP contribution in [0.5, 0.6) is 11.8 Å². The summed E-state index contributed by atoms with van der Waals surface area (Å²) in [5, 5.41) is 0. The van der Waals surface area contributed by atoms with E-state index in [9.17, 15) is 9.59 Å².